The van der Waals surface area contributed by atoms with Gasteiger partial charge < -0.3 is 9.80 Å². The second-order valence-corrected chi connectivity index (χ2v) is 9.98. The van der Waals surface area contributed by atoms with Crippen molar-refractivity contribution in [2.45, 2.75) is 23.8 Å². The minimum atomic E-state index is -3.83. The fraction of sp³-hybridized carbons (Fsp3) is 0.231. The molecule has 2 N–H and O–H groups in total. The first-order valence-corrected chi connectivity index (χ1v) is 12.7. The van der Waals surface area contributed by atoms with Crippen molar-refractivity contribution in [2.75, 3.05) is 19.6 Å². The summed E-state index contributed by atoms with van der Waals surface area (Å²) in [6.45, 7) is 1.23. The van der Waals surface area contributed by atoms with Crippen LogP contribution in [-0.2, 0) is 27.7 Å². The van der Waals surface area contributed by atoms with Crippen LogP contribution in [0.15, 0.2) is 89.8 Å². The molecule has 3 aromatic rings. The van der Waals surface area contributed by atoms with Crippen LogP contribution >= 0.6 is 0 Å². The second-order valence-electron chi connectivity index (χ2n) is 8.41. The van der Waals surface area contributed by atoms with E-state index in [1.54, 1.807) is 4.90 Å². The van der Waals surface area contributed by atoms with Crippen LogP contribution in [0.2, 0.25) is 0 Å². The molecule has 176 valence electrons. The summed E-state index contributed by atoms with van der Waals surface area (Å²) in [7, 11) is -3.83. The van der Waals surface area contributed by atoms with Crippen molar-refractivity contribution < 1.29 is 18.0 Å². The van der Waals surface area contributed by atoms with Gasteiger partial charge in [0.1, 0.15) is 0 Å². The molecule has 1 fully saturated rings. The predicted molar refractivity (Wildman–Crippen MR) is 130 cm³/mol. The Morgan fingerprint density at radius 2 is 1.41 bits per heavy atom. The molecular formula is C26H27N3O4S. The van der Waals surface area contributed by atoms with E-state index in [1.165, 1.54) is 24.3 Å². The number of carbonyl (C=O) groups excluding carboxylic acids is 2. The number of amides is 2. The van der Waals surface area contributed by atoms with E-state index in [0.29, 0.717) is 38.0 Å². The minimum Gasteiger partial charge on any atom is -0.336 e. The summed E-state index contributed by atoms with van der Waals surface area (Å²) >= 11 is 0. The topological polar surface area (TPSA) is 101 Å². The van der Waals surface area contributed by atoms with Crippen LogP contribution in [0.25, 0.3) is 0 Å². The molecule has 1 atom stereocenters. The Hall–Kier alpha value is -3.49. The molecule has 2 amide bonds. The molecule has 1 aliphatic rings. The first-order valence-electron chi connectivity index (χ1n) is 11.1. The molecule has 1 aliphatic heterocycles. The Balaban J connectivity index is 1.52. The smallest absolute Gasteiger partial charge is 0.253 e. The highest BCUT2D eigenvalue weighted by Gasteiger charge is 2.33. The number of nitrogens with zero attached hydrogens (tertiary/aromatic N) is 2. The number of piperazine rings is 1. The summed E-state index contributed by atoms with van der Waals surface area (Å²) in [5.41, 5.74) is 2.44. The van der Waals surface area contributed by atoms with Gasteiger partial charge in [0, 0.05) is 25.2 Å². The molecular weight excluding hydrogens is 450 g/mol. The summed E-state index contributed by atoms with van der Waals surface area (Å²) in [5, 5.41) is 5.16. The third-order valence-electron chi connectivity index (χ3n) is 6.03. The third kappa shape index (κ3) is 5.70. The second kappa shape index (κ2) is 10.2. The lowest BCUT2D eigenvalue weighted by Gasteiger charge is -2.42. The maximum Gasteiger partial charge on any atom is 0.253 e. The first kappa shape index (κ1) is 23.7. The number of carbonyl (C=O) groups is 2. The quantitative estimate of drug-likeness (QED) is 0.589. The number of hydrogen-bond acceptors (Lipinski definition) is 4. The maximum atomic E-state index is 13.2. The Labute approximate surface area is 199 Å². The van der Waals surface area contributed by atoms with Crippen LogP contribution in [0.3, 0.4) is 0 Å². The summed E-state index contributed by atoms with van der Waals surface area (Å²) in [6.07, 6.45) is 0.949. The number of nitrogens with two attached hydrogens (primary N) is 1. The van der Waals surface area contributed by atoms with E-state index in [-0.39, 0.29) is 22.8 Å². The number of sulfonamides is 1. The molecule has 4 rings (SSSR count). The fourth-order valence-corrected chi connectivity index (χ4v) is 4.79. The van der Waals surface area contributed by atoms with E-state index in [9.17, 15) is 18.0 Å². The molecule has 0 aliphatic carbocycles. The van der Waals surface area contributed by atoms with Gasteiger partial charge in [-0.1, -0.05) is 60.7 Å². The average molecular weight is 478 g/mol. The van der Waals surface area contributed by atoms with Gasteiger partial charge in [-0.15, -0.1) is 0 Å². The largest absolute Gasteiger partial charge is 0.336 e. The molecule has 0 spiro atoms. The van der Waals surface area contributed by atoms with Crippen LogP contribution in [0.4, 0.5) is 0 Å². The zero-order chi connectivity index (χ0) is 24.1. The molecule has 0 unspecified atom stereocenters. The summed E-state index contributed by atoms with van der Waals surface area (Å²) < 4.78 is 23.0. The molecule has 7 nitrogen and oxygen atoms in total. The Bertz CT molecular complexity index is 1250. The lowest BCUT2D eigenvalue weighted by Crippen LogP contribution is -2.57. The normalized spacial score (nSPS) is 16.3. The van der Waals surface area contributed by atoms with Crippen molar-refractivity contribution in [3.63, 3.8) is 0 Å². The van der Waals surface area contributed by atoms with Crippen molar-refractivity contribution in [3.05, 3.63) is 102 Å². The predicted octanol–water partition coefficient (Wildman–Crippen LogP) is 2.47. The van der Waals surface area contributed by atoms with Gasteiger partial charge in [-0.2, -0.15) is 0 Å². The van der Waals surface area contributed by atoms with Crippen LogP contribution in [-0.4, -0.2) is 55.7 Å². The van der Waals surface area contributed by atoms with E-state index < -0.39 is 10.0 Å². The van der Waals surface area contributed by atoms with Crippen LogP contribution in [0.1, 0.15) is 21.5 Å². The first-order chi connectivity index (χ1) is 16.3. The van der Waals surface area contributed by atoms with Gasteiger partial charge in [0.25, 0.3) is 5.91 Å². The van der Waals surface area contributed by atoms with Gasteiger partial charge in [0.15, 0.2) is 0 Å². The molecule has 34 heavy (non-hydrogen) atoms. The zero-order valence-electron chi connectivity index (χ0n) is 18.7. The van der Waals surface area contributed by atoms with Crippen molar-refractivity contribution in [3.8, 4) is 0 Å². The van der Waals surface area contributed by atoms with E-state index in [4.69, 9.17) is 5.14 Å². The summed E-state index contributed by atoms with van der Waals surface area (Å²) in [6, 6.07) is 25.0. The highest BCUT2D eigenvalue weighted by Crippen LogP contribution is 2.20. The van der Waals surface area contributed by atoms with Crippen LogP contribution in [0, 0.1) is 0 Å². The Kier molecular flexibility index (Phi) is 7.09. The van der Waals surface area contributed by atoms with Crippen LogP contribution in [0.5, 0.6) is 0 Å². The minimum absolute atomic E-state index is 0.0386. The van der Waals surface area contributed by atoms with Crippen LogP contribution < -0.4 is 5.14 Å². The van der Waals surface area contributed by atoms with Gasteiger partial charge in [-0.25, -0.2) is 13.6 Å². The van der Waals surface area contributed by atoms with Crippen molar-refractivity contribution in [2.24, 2.45) is 5.14 Å². The maximum absolute atomic E-state index is 13.2. The number of primary sulfonamides is 1. The monoisotopic (exact) mass is 477 g/mol. The van der Waals surface area contributed by atoms with Gasteiger partial charge in [-0.3, -0.25) is 9.59 Å². The number of benzene rings is 3. The van der Waals surface area contributed by atoms with Gasteiger partial charge in [0.2, 0.25) is 15.9 Å². The number of rotatable bonds is 6. The van der Waals surface area contributed by atoms with Gasteiger partial charge in [0.05, 0.1) is 17.4 Å². The summed E-state index contributed by atoms with van der Waals surface area (Å²) in [5.74, 6) is -0.161. The summed E-state index contributed by atoms with van der Waals surface area (Å²) in [4.78, 5) is 29.9. The standard InChI is InChI=1S/C26H27N3O4S/c27-34(32,33)24-13-11-22(12-14-24)26(31)28-15-16-29(25(30)18-21-9-5-2-6-10-21)23(19-28)17-20-7-3-1-4-8-20/h1-14,23H,15-19H2,(H2,27,32,33)/t23-/m0/s1. The zero-order valence-corrected chi connectivity index (χ0v) is 19.5. The van der Waals surface area contributed by atoms with E-state index in [2.05, 4.69) is 0 Å². The van der Waals surface area contributed by atoms with E-state index in [0.717, 1.165) is 11.1 Å². The van der Waals surface area contributed by atoms with Gasteiger partial charge >= 0.3 is 0 Å². The van der Waals surface area contributed by atoms with Crippen molar-refractivity contribution in [1.82, 2.24) is 9.80 Å². The molecule has 3 aromatic carbocycles. The van der Waals surface area contributed by atoms with Crippen molar-refractivity contribution >= 4 is 21.8 Å². The van der Waals surface area contributed by atoms with E-state index in [1.807, 2.05) is 65.6 Å². The average Bonchev–Trinajstić information content (AvgIpc) is 2.84. The Morgan fingerprint density at radius 1 is 0.824 bits per heavy atom. The third-order valence-corrected chi connectivity index (χ3v) is 6.96. The molecule has 0 radical (unpaired) electrons. The molecule has 0 saturated carbocycles. The SMILES string of the molecule is NS(=O)(=O)c1ccc(C(=O)N2CCN(C(=O)Cc3ccccc3)[C@@H](Cc3ccccc3)C2)cc1. The highest BCUT2D eigenvalue weighted by molar-refractivity contribution is 7.89. The fourth-order valence-electron chi connectivity index (χ4n) is 4.27. The van der Waals surface area contributed by atoms with Gasteiger partial charge in [-0.05, 0) is 41.8 Å². The molecule has 0 aromatic heterocycles. The van der Waals surface area contributed by atoms with E-state index >= 15 is 0 Å². The Morgan fingerprint density at radius 3 is 2.00 bits per heavy atom. The highest BCUT2D eigenvalue weighted by atomic mass is 32.2. The molecule has 1 heterocycles. The molecule has 0 bridgehead atoms. The lowest BCUT2D eigenvalue weighted by atomic mass is 10.00. The molecule has 1 saturated heterocycles. The van der Waals surface area contributed by atoms with Crippen molar-refractivity contribution in [1.29, 1.82) is 0 Å². The molecule has 8 heteroatoms. The lowest BCUT2D eigenvalue weighted by molar-refractivity contribution is -0.135. The number of hydrogen-bond donors (Lipinski definition) is 1.